The van der Waals surface area contributed by atoms with Gasteiger partial charge in [-0.1, -0.05) is 13.0 Å². The molecule has 1 saturated heterocycles. The second-order valence-electron chi connectivity index (χ2n) is 9.75. The number of ether oxygens (including phenoxy) is 1. The van der Waals surface area contributed by atoms with Crippen molar-refractivity contribution in [1.29, 1.82) is 5.41 Å². The van der Waals surface area contributed by atoms with Crippen molar-refractivity contribution in [3.05, 3.63) is 46.8 Å². The van der Waals surface area contributed by atoms with Crippen LogP contribution in [0.5, 0.6) is 0 Å². The third-order valence-corrected chi connectivity index (χ3v) is 7.76. The molecule has 1 fully saturated rings. The Morgan fingerprint density at radius 3 is 2.86 bits per heavy atom. The van der Waals surface area contributed by atoms with Gasteiger partial charge in [-0.2, -0.15) is 5.10 Å². The number of aromatic nitrogens is 2. The number of anilines is 2. The standard InChI is InChI=1S/C27H36N6O2/c1-4-19-7-11-32(25-6-5-20(13-23(19)25)21(14-28)15-29-3)27-24-16-31(18(2)34)10-8-26(24)33(30-27)22-9-12-35-17-22/h5-6,13-15,19,22,28-29H,4,7-12,16-17H2,1-3H3/b21-15+,28-14?/t19-,22-/m0/s1. The summed E-state index contributed by atoms with van der Waals surface area (Å²) in [5.41, 5.74) is 6.85. The molecule has 0 saturated carbocycles. The van der Waals surface area contributed by atoms with Crippen LogP contribution in [0.25, 0.3) is 5.57 Å². The van der Waals surface area contributed by atoms with Crippen molar-refractivity contribution < 1.29 is 9.53 Å². The number of allylic oxidation sites excluding steroid dienone is 1. The van der Waals surface area contributed by atoms with Crippen LogP contribution in [0.1, 0.15) is 67.5 Å². The quantitative estimate of drug-likeness (QED) is 0.616. The number of amides is 1. The molecule has 35 heavy (non-hydrogen) atoms. The van der Waals surface area contributed by atoms with E-state index in [1.54, 1.807) is 6.92 Å². The van der Waals surface area contributed by atoms with Crippen LogP contribution < -0.4 is 10.2 Å². The number of hydrogen-bond acceptors (Lipinski definition) is 6. The van der Waals surface area contributed by atoms with Crippen LogP contribution >= 0.6 is 0 Å². The third-order valence-electron chi connectivity index (χ3n) is 7.76. The molecule has 8 nitrogen and oxygen atoms in total. The van der Waals surface area contributed by atoms with Crippen LogP contribution in [-0.4, -0.2) is 60.2 Å². The molecule has 5 rings (SSSR count). The molecule has 1 aromatic carbocycles. The summed E-state index contributed by atoms with van der Waals surface area (Å²) in [7, 11) is 1.86. The summed E-state index contributed by atoms with van der Waals surface area (Å²) in [6.45, 7) is 7.63. The van der Waals surface area contributed by atoms with E-state index in [-0.39, 0.29) is 11.9 Å². The highest BCUT2D eigenvalue weighted by Crippen LogP contribution is 2.44. The maximum absolute atomic E-state index is 12.3. The minimum atomic E-state index is 0.115. The number of nitrogens with zero attached hydrogens (tertiary/aromatic N) is 4. The second kappa shape index (κ2) is 9.85. The molecule has 0 radical (unpaired) electrons. The van der Waals surface area contributed by atoms with E-state index in [1.807, 2.05) is 18.1 Å². The normalized spacial score (nSPS) is 22.1. The van der Waals surface area contributed by atoms with Gasteiger partial charge in [-0.3, -0.25) is 9.48 Å². The average Bonchev–Trinajstić information content (AvgIpc) is 3.54. The molecule has 3 aliphatic rings. The zero-order chi connectivity index (χ0) is 24.5. The van der Waals surface area contributed by atoms with E-state index in [0.29, 0.717) is 19.1 Å². The number of carbonyl (C=O) groups excluding carboxylic acids is 1. The van der Waals surface area contributed by atoms with Gasteiger partial charge in [0.25, 0.3) is 0 Å². The molecule has 0 bridgehead atoms. The Morgan fingerprint density at radius 1 is 1.31 bits per heavy atom. The summed E-state index contributed by atoms with van der Waals surface area (Å²) in [5.74, 6) is 1.57. The van der Waals surface area contributed by atoms with Gasteiger partial charge in [0.1, 0.15) is 0 Å². The first-order valence-corrected chi connectivity index (χ1v) is 12.8. The van der Waals surface area contributed by atoms with Crippen molar-refractivity contribution in [3.63, 3.8) is 0 Å². The molecule has 2 atom stereocenters. The van der Waals surface area contributed by atoms with Gasteiger partial charge in [0.15, 0.2) is 5.82 Å². The van der Waals surface area contributed by atoms with Crippen molar-refractivity contribution in [2.75, 3.05) is 38.3 Å². The zero-order valence-electron chi connectivity index (χ0n) is 21.0. The van der Waals surface area contributed by atoms with Gasteiger partial charge in [-0.05, 0) is 48.4 Å². The average molecular weight is 477 g/mol. The van der Waals surface area contributed by atoms with Crippen molar-refractivity contribution in [3.8, 4) is 0 Å². The molecule has 3 aliphatic heterocycles. The fourth-order valence-corrected chi connectivity index (χ4v) is 5.81. The van der Waals surface area contributed by atoms with Gasteiger partial charge in [-0.25, -0.2) is 0 Å². The number of benzene rings is 1. The van der Waals surface area contributed by atoms with E-state index in [1.165, 1.54) is 28.7 Å². The lowest BCUT2D eigenvalue weighted by Gasteiger charge is -2.36. The Labute approximate surface area is 207 Å². The van der Waals surface area contributed by atoms with Crippen molar-refractivity contribution in [1.82, 2.24) is 20.0 Å². The van der Waals surface area contributed by atoms with Crippen LogP contribution in [0.4, 0.5) is 11.5 Å². The summed E-state index contributed by atoms with van der Waals surface area (Å²) in [5, 5.41) is 16.1. The molecule has 186 valence electrons. The second-order valence-corrected chi connectivity index (χ2v) is 9.75. The number of rotatable bonds is 6. The summed E-state index contributed by atoms with van der Waals surface area (Å²) >= 11 is 0. The lowest BCUT2D eigenvalue weighted by Crippen LogP contribution is -2.36. The Bertz CT molecular complexity index is 1150. The number of fused-ring (bicyclic) bond motifs is 2. The topological polar surface area (TPSA) is 86.5 Å². The minimum Gasteiger partial charge on any atom is -0.393 e. The van der Waals surface area contributed by atoms with Crippen molar-refractivity contribution >= 4 is 29.2 Å². The molecule has 0 unspecified atom stereocenters. The molecular weight excluding hydrogens is 440 g/mol. The van der Waals surface area contributed by atoms with E-state index < -0.39 is 0 Å². The zero-order valence-corrected chi connectivity index (χ0v) is 21.0. The Hall–Kier alpha value is -3.13. The van der Waals surface area contributed by atoms with Gasteiger partial charge in [0.05, 0.1) is 19.2 Å². The van der Waals surface area contributed by atoms with E-state index >= 15 is 0 Å². The first kappa shape index (κ1) is 23.6. The van der Waals surface area contributed by atoms with Crippen molar-refractivity contribution in [2.45, 2.75) is 58.0 Å². The maximum atomic E-state index is 12.3. The molecule has 1 amide bonds. The largest absolute Gasteiger partial charge is 0.393 e. The van der Waals surface area contributed by atoms with Gasteiger partial charge < -0.3 is 25.3 Å². The molecule has 0 aliphatic carbocycles. The van der Waals surface area contributed by atoms with Gasteiger partial charge in [0.2, 0.25) is 5.91 Å². The molecule has 0 spiro atoms. The Kier molecular flexibility index (Phi) is 6.65. The van der Waals surface area contributed by atoms with Crippen LogP contribution in [0.3, 0.4) is 0 Å². The van der Waals surface area contributed by atoms with Crippen LogP contribution in [0.2, 0.25) is 0 Å². The van der Waals surface area contributed by atoms with Crippen LogP contribution in [0, 0.1) is 5.41 Å². The minimum absolute atomic E-state index is 0.115. The number of hydrogen-bond donors (Lipinski definition) is 2. The lowest BCUT2D eigenvalue weighted by atomic mass is 9.86. The van der Waals surface area contributed by atoms with E-state index in [9.17, 15) is 4.79 Å². The summed E-state index contributed by atoms with van der Waals surface area (Å²) in [4.78, 5) is 16.6. The maximum Gasteiger partial charge on any atom is 0.219 e. The fraction of sp³-hybridized carbons (Fsp3) is 0.519. The summed E-state index contributed by atoms with van der Waals surface area (Å²) in [6, 6.07) is 6.81. The smallest absolute Gasteiger partial charge is 0.219 e. The van der Waals surface area contributed by atoms with E-state index in [0.717, 1.165) is 62.3 Å². The third kappa shape index (κ3) is 4.24. The molecule has 8 heteroatoms. The highest BCUT2D eigenvalue weighted by Gasteiger charge is 2.35. The monoisotopic (exact) mass is 476 g/mol. The first-order valence-electron chi connectivity index (χ1n) is 12.8. The molecule has 2 N–H and O–H groups in total. The highest BCUT2D eigenvalue weighted by molar-refractivity contribution is 6.08. The summed E-state index contributed by atoms with van der Waals surface area (Å²) < 4.78 is 7.91. The Morgan fingerprint density at radius 2 is 2.17 bits per heavy atom. The lowest BCUT2D eigenvalue weighted by molar-refractivity contribution is -0.129. The van der Waals surface area contributed by atoms with Gasteiger partial charge in [-0.15, -0.1) is 0 Å². The van der Waals surface area contributed by atoms with Crippen LogP contribution in [-0.2, 0) is 22.5 Å². The molecular formula is C27H36N6O2. The molecule has 4 heterocycles. The predicted molar refractivity (Wildman–Crippen MR) is 138 cm³/mol. The molecule has 2 aromatic rings. The predicted octanol–water partition coefficient (Wildman–Crippen LogP) is 3.99. The highest BCUT2D eigenvalue weighted by atomic mass is 16.5. The number of carbonyl (C=O) groups is 1. The van der Waals surface area contributed by atoms with Gasteiger partial charge in [0, 0.05) is 75.0 Å². The van der Waals surface area contributed by atoms with Crippen molar-refractivity contribution in [2.24, 2.45) is 0 Å². The first-order chi connectivity index (χ1) is 17.0. The number of nitrogens with one attached hydrogen (secondary N) is 2. The SMILES string of the molecule is CC[C@H]1CCN(c2nn([C@H]3CCOC3)c3c2CN(C(C)=O)CC3)c2ccc(/C(C=N)=C/NC)cc21. The Balaban J connectivity index is 1.60. The fourth-order valence-electron chi connectivity index (χ4n) is 5.81. The molecule has 1 aromatic heterocycles. The summed E-state index contributed by atoms with van der Waals surface area (Å²) in [6.07, 6.45) is 7.20. The van der Waals surface area contributed by atoms with E-state index in [4.69, 9.17) is 15.2 Å². The van der Waals surface area contributed by atoms with Gasteiger partial charge >= 0.3 is 0 Å². The van der Waals surface area contributed by atoms with E-state index in [2.05, 4.69) is 40.0 Å². The van der Waals surface area contributed by atoms with Crippen LogP contribution in [0.15, 0.2) is 24.4 Å².